The topological polar surface area (TPSA) is 69.5 Å². The van der Waals surface area contributed by atoms with E-state index < -0.39 is 11.7 Å². The fraction of sp³-hybridized carbons (Fsp3) is 0.519. The second-order valence-electron chi connectivity index (χ2n) is 10.3. The number of alkyl halides is 3. The van der Waals surface area contributed by atoms with Crippen LogP contribution in [0, 0.1) is 28.6 Å². The highest BCUT2D eigenvalue weighted by Crippen LogP contribution is 2.47. The zero-order chi connectivity index (χ0) is 25.3. The molecule has 1 spiro atoms. The van der Waals surface area contributed by atoms with Crippen LogP contribution in [0.3, 0.4) is 0 Å². The van der Waals surface area contributed by atoms with Gasteiger partial charge in [-0.05, 0) is 67.3 Å². The fourth-order valence-electron chi connectivity index (χ4n) is 5.58. The van der Waals surface area contributed by atoms with E-state index in [9.17, 15) is 18.0 Å². The standard InChI is InChI=1S/C27H29F3N4O2/c28-27(29,30)24-13-23(4-3-21(24)14-31)34-15-22(17-36-16-19-1-2-19)26(18-34)7-11-33(12-8-26)25(35)20-5-9-32-10-6-20/h3-6,9-10,13,19,22H,1-2,7-8,11-12,15-18H2. The van der Waals surface area contributed by atoms with Crippen molar-refractivity contribution in [2.75, 3.05) is 44.3 Å². The molecule has 190 valence electrons. The molecular weight excluding hydrogens is 469 g/mol. The van der Waals surface area contributed by atoms with E-state index in [-0.39, 0.29) is 22.8 Å². The quantitative estimate of drug-likeness (QED) is 0.575. The van der Waals surface area contributed by atoms with Gasteiger partial charge in [0.15, 0.2) is 0 Å². The summed E-state index contributed by atoms with van der Waals surface area (Å²) < 4.78 is 46.9. The van der Waals surface area contributed by atoms with E-state index in [4.69, 9.17) is 10.00 Å². The number of amides is 1. The highest BCUT2D eigenvalue weighted by atomic mass is 19.4. The predicted molar refractivity (Wildman–Crippen MR) is 127 cm³/mol. The monoisotopic (exact) mass is 498 g/mol. The molecule has 2 aromatic rings. The molecule has 1 aromatic heterocycles. The maximum absolute atomic E-state index is 13.6. The minimum Gasteiger partial charge on any atom is -0.381 e. The summed E-state index contributed by atoms with van der Waals surface area (Å²) in [6.07, 6.45) is 2.53. The van der Waals surface area contributed by atoms with Crippen molar-refractivity contribution in [3.8, 4) is 6.07 Å². The lowest BCUT2D eigenvalue weighted by molar-refractivity contribution is -0.137. The number of nitriles is 1. The third-order valence-corrected chi connectivity index (χ3v) is 7.95. The van der Waals surface area contributed by atoms with Gasteiger partial charge in [-0.1, -0.05) is 0 Å². The number of piperidine rings is 1. The average Bonchev–Trinajstić information content (AvgIpc) is 3.65. The highest BCUT2D eigenvalue weighted by Gasteiger charge is 2.49. The van der Waals surface area contributed by atoms with Crippen molar-refractivity contribution in [2.45, 2.75) is 31.9 Å². The number of likely N-dealkylation sites (tertiary alicyclic amines) is 1. The first-order valence-corrected chi connectivity index (χ1v) is 12.4. The largest absolute Gasteiger partial charge is 0.417 e. The Kier molecular flexibility index (Phi) is 6.64. The summed E-state index contributed by atoms with van der Waals surface area (Å²) in [6.45, 7) is 3.67. The van der Waals surface area contributed by atoms with Gasteiger partial charge in [0.2, 0.25) is 0 Å². The minimum absolute atomic E-state index is 0.0226. The van der Waals surface area contributed by atoms with Crippen LogP contribution in [0.5, 0.6) is 0 Å². The molecule has 0 bridgehead atoms. The number of hydrogen-bond acceptors (Lipinski definition) is 5. The second kappa shape index (κ2) is 9.74. The molecule has 3 aliphatic rings. The third kappa shape index (κ3) is 5.05. The molecule has 1 amide bonds. The van der Waals surface area contributed by atoms with Gasteiger partial charge >= 0.3 is 6.18 Å². The van der Waals surface area contributed by atoms with Crippen LogP contribution >= 0.6 is 0 Å². The SMILES string of the molecule is N#Cc1ccc(N2CC(COCC3CC3)C3(CCN(C(=O)c4ccncc4)CC3)C2)cc1C(F)(F)F. The number of anilines is 1. The van der Waals surface area contributed by atoms with Gasteiger partial charge in [-0.2, -0.15) is 18.4 Å². The summed E-state index contributed by atoms with van der Waals surface area (Å²) in [6, 6.07) is 9.05. The average molecular weight is 499 g/mol. The van der Waals surface area contributed by atoms with Crippen molar-refractivity contribution in [3.05, 3.63) is 59.4 Å². The molecule has 3 fully saturated rings. The lowest BCUT2D eigenvalue weighted by Crippen LogP contribution is -2.47. The Morgan fingerprint density at radius 3 is 2.50 bits per heavy atom. The number of aromatic nitrogens is 1. The molecule has 0 radical (unpaired) electrons. The number of hydrogen-bond donors (Lipinski definition) is 0. The van der Waals surface area contributed by atoms with Gasteiger partial charge in [-0.3, -0.25) is 9.78 Å². The lowest BCUT2D eigenvalue weighted by atomic mass is 9.71. The number of carbonyl (C=O) groups is 1. The first-order valence-electron chi connectivity index (χ1n) is 12.4. The molecule has 1 saturated carbocycles. The number of rotatable bonds is 6. The maximum Gasteiger partial charge on any atom is 0.417 e. The Bertz CT molecular complexity index is 1140. The van der Waals surface area contributed by atoms with E-state index in [1.165, 1.54) is 18.9 Å². The van der Waals surface area contributed by atoms with Crippen LogP contribution < -0.4 is 4.90 Å². The molecule has 0 N–H and O–H groups in total. The van der Waals surface area contributed by atoms with Crippen LogP contribution in [-0.4, -0.2) is 55.2 Å². The molecule has 9 heteroatoms. The Labute approximate surface area is 208 Å². The molecule has 1 aliphatic carbocycles. The third-order valence-electron chi connectivity index (χ3n) is 7.95. The molecule has 2 saturated heterocycles. The van der Waals surface area contributed by atoms with Crippen LogP contribution in [0.2, 0.25) is 0 Å². The summed E-state index contributed by atoms with van der Waals surface area (Å²) in [4.78, 5) is 20.8. The van der Waals surface area contributed by atoms with E-state index in [0.29, 0.717) is 50.0 Å². The number of carbonyl (C=O) groups excluding carboxylic acids is 1. The summed E-state index contributed by atoms with van der Waals surface area (Å²) in [5.41, 5.74) is -0.336. The van der Waals surface area contributed by atoms with Gasteiger partial charge in [-0.25, -0.2) is 0 Å². The van der Waals surface area contributed by atoms with Crippen molar-refractivity contribution in [2.24, 2.45) is 17.3 Å². The van der Waals surface area contributed by atoms with Gasteiger partial charge in [-0.15, -0.1) is 0 Å². The zero-order valence-corrected chi connectivity index (χ0v) is 20.0. The molecule has 1 atom stereocenters. The molecule has 36 heavy (non-hydrogen) atoms. The minimum atomic E-state index is -4.59. The summed E-state index contributed by atoms with van der Waals surface area (Å²) in [5.74, 6) is 0.760. The molecular formula is C27H29F3N4O2. The zero-order valence-electron chi connectivity index (χ0n) is 20.0. The Balaban J connectivity index is 1.34. The van der Waals surface area contributed by atoms with Crippen LogP contribution in [0.4, 0.5) is 18.9 Å². The van der Waals surface area contributed by atoms with E-state index in [1.54, 1.807) is 36.7 Å². The van der Waals surface area contributed by atoms with E-state index in [0.717, 1.165) is 25.5 Å². The van der Waals surface area contributed by atoms with Gasteiger partial charge in [0.1, 0.15) is 0 Å². The Hall–Kier alpha value is -3.12. The van der Waals surface area contributed by atoms with Gasteiger partial charge in [0.25, 0.3) is 5.91 Å². The number of benzene rings is 1. The van der Waals surface area contributed by atoms with Crippen LogP contribution in [0.15, 0.2) is 42.7 Å². The predicted octanol–water partition coefficient (Wildman–Crippen LogP) is 4.76. The normalized spacial score (nSPS) is 21.6. The molecule has 2 aliphatic heterocycles. The molecule has 1 aromatic carbocycles. The van der Waals surface area contributed by atoms with Crippen molar-refractivity contribution < 1.29 is 22.7 Å². The molecule has 5 rings (SSSR count). The summed E-state index contributed by atoms with van der Waals surface area (Å²) in [7, 11) is 0. The summed E-state index contributed by atoms with van der Waals surface area (Å²) in [5, 5.41) is 9.16. The molecule has 3 heterocycles. The van der Waals surface area contributed by atoms with Gasteiger partial charge in [0, 0.05) is 62.3 Å². The van der Waals surface area contributed by atoms with Crippen LogP contribution in [0.25, 0.3) is 0 Å². The Morgan fingerprint density at radius 1 is 1.14 bits per heavy atom. The molecule has 1 unspecified atom stereocenters. The van der Waals surface area contributed by atoms with Gasteiger partial charge < -0.3 is 14.5 Å². The van der Waals surface area contributed by atoms with Crippen molar-refractivity contribution in [1.82, 2.24) is 9.88 Å². The number of ether oxygens (including phenoxy) is 1. The van der Waals surface area contributed by atoms with E-state index in [1.807, 2.05) is 9.80 Å². The second-order valence-corrected chi connectivity index (χ2v) is 10.3. The number of halogens is 3. The van der Waals surface area contributed by atoms with E-state index in [2.05, 4.69) is 4.98 Å². The Morgan fingerprint density at radius 2 is 1.86 bits per heavy atom. The first-order chi connectivity index (χ1) is 17.3. The van der Waals surface area contributed by atoms with Crippen molar-refractivity contribution >= 4 is 11.6 Å². The fourth-order valence-corrected chi connectivity index (χ4v) is 5.58. The smallest absolute Gasteiger partial charge is 0.381 e. The number of nitrogens with zero attached hydrogens (tertiary/aromatic N) is 4. The van der Waals surface area contributed by atoms with Crippen LogP contribution in [-0.2, 0) is 10.9 Å². The maximum atomic E-state index is 13.6. The van der Waals surface area contributed by atoms with E-state index >= 15 is 0 Å². The van der Waals surface area contributed by atoms with Gasteiger partial charge in [0.05, 0.1) is 23.8 Å². The molecule has 6 nitrogen and oxygen atoms in total. The first kappa shape index (κ1) is 24.6. The van der Waals surface area contributed by atoms with Crippen molar-refractivity contribution in [3.63, 3.8) is 0 Å². The highest BCUT2D eigenvalue weighted by molar-refractivity contribution is 5.94. The van der Waals surface area contributed by atoms with Crippen molar-refractivity contribution in [1.29, 1.82) is 5.26 Å². The van der Waals surface area contributed by atoms with Crippen LogP contribution in [0.1, 0.15) is 47.2 Å². The lowest BCUT2D eigenvalue weighted by Gasteiger charge is -2.42. The number of pyridine rings is 1. The summed E-state index contributed by atoms with van der Waals surface area (Å²) >= 11 is 0.